The highest BCUT2D eigenvalue weighted by atomic mass is 16.3. The molecule has 0 spiro atoms. The van der Waals surface area contributed by atoms with Crippen molar-refractivity contribution in [3.63, 3.8) is 0 Å². The number of hydrogen-bond donors (Lipinski definition) is 1. The molecule has 2 heteroatoms. The third kappa shape index (κ3) is 5.71. The van der Waals surface area contributed by atoms with Gasteiger partial charge in [-0.15, -0.1) is 0 Å². The molecule has 0 unspecified atom stereocenters. The van der Waals surface area contributed by atoms with Crippen molar-refractivity contribution in [2.45, 2.75) is 155 Å². The van der Waals surface area contributed by atoms with Crippen molar-refractivity contribution in [1.29, 1.82) is 0 Å². The molecule has 0 amide bonds. The Morgan fingerprint density at radius 3 is 1.23 bits per heavy atom. The summed E-state index contributed by atoms with van der Waals surface area (Å²) in [7, 11) is 0. The Balaban J connectivity index is 1.38. The van der Waals surface area contributed by atoms with Crippen LogP contribution in [0.1, 0.15) is 130 Å². The van der Waals surface area contributed by atoms with Crippen LogP contribution < -0.4 is 0 Å². The first-order valence-corrected chi connectivity index (χ1v) is 14.3. The topological polar surface area (TPSA) is 23.5 Å². The second kappa shape index (κ2) is 10.5. The lowest BCUT2D eigenvalue weighted by atomic mass is 9.60. The predicted molar refractivity (Wildman–Crippen MR) is 132 cm³/mol. The molecule has 0 heterocycles. The average Bonchev–Trinajstić information content (AvgIpc) is 2.77. The van der Waals surface area contributed by atoms with E-state index in [0.717, 1.165) is 54.6 Å². The molecule has 0 aromatic carbocycles. The van der Waals surface area contributed by atoms with Crippen LogP contribution in [0.25, 0.3) is 0 Å². The van der Waals surface area contributed by atoms with E-state index in [1.807, 2.05) is 0 Å². The summed E-state index contributed by atoms with van der Waals surface area (Å²) in [4.78, 5) is 3.14. The van der Waals surface area contributed by atoms with Gasteiger partial charge in [-0.3, -0.25) is 4.90 Å². The number of aliphatic hydroxyl groups excluding tert-OH is 1. The minimum atomic E-state index is -0.0206. The Hall–Kier alpha value is -0.0800. The highest BCUT2D eigenvalue weighted by Gasteiger charge is 2.43. The number of nitrogens with zero attached hydrogens (tertiary/aromatic N) is 1. The van der Waals surface area contributed by atoms with Crippen molar-refractivity contribution < 1.29 is 5.11 Å². The molecule has 0 aromatic heterocycles. The Morgan fingerprint density at radius 2 is 0.839 bits per heavy atom. The van der Waals surface area contributed by atoms with Gasteiger partial charge in [-0.25, -0.2) is 0 Å². The standard InChI is InChI=1S/C29H53NO/c1-21-5-13-25(14-6-21)30(26-15-7-22(2)8-16-26)27-17-9-23(10-18-27)29(3,4)24-11-19-28(31)20-12-24/h21-28,31H,5-20H2,1-4H3. The third-order valence-corrected chi connectivity index (χ3v) is 10.7. The summed E-state index contributed by atoms with van der Waals surface area (Å²) in [5.74, 6) is 3.63. The minimum Gasteiger partial charge on any atom is -0.393 e. The molecule has 0 saturated heterocycles. The zero-order valence-corrected chi connectivity index (χ0v) is 21.3. The second-order valence-electron chi connectivity index (χ2n) is 13.1. The van der Waals surface area contributed by atoms with E-state index in [9.17, 15) is 5.11 Å². The van der Waals surface area contributed by atoms with Crippen LogP contribution in [0.3, 0.4) is 0 Å². The second-order valence-corrected chi connectivity index (χ2v) is 13.1. The molecule has 4 rings (SSSR count). The lowest BCUT2D eigenvalue weighted by molar-refractivity contribution is -0.0216. The van der Waals surface area contributed by atoms with Gasteiger partial charge in [0.05, 0.1) is 6.10 Å². The summed E-state index contributed by atoms with van der Waals surface area (Å²) >= 11 is 0. The van der Waals surface area contributed by atoms with Crippen molar-refractivity contribution in [3.05, 3.63) is 0 Å². The molecule has 0 atom stereocenters. The highest BCUT2D eigenvalue weighted by Crippen LogP contribution is 2.49. The lowest BCUT2D eigenvalue weighted by Crippen LogP contribution is -2.53. The molecular weight excluding hydrogens is 378 g/mol. The molecule has 0 aromatic rings. The van der Waals surface area contributed by atoms with Gasteiger partial charge in [0, 0.05) is 18.1 Å². The summed E-state index contributed by atoms with van der Waals surface area (Å²) in [6.07, 6.45) is 22.0. The van der Waals surface area contributed by atoms with E-state index < -0.39 is 0 Å². The fourth-order valence-corrected chi connectivity index (χ4v) is 8.25. The van der Waals surface area contributed by atoms with Crippen LogP contribution in [-0.4, -0.2) is 34.2 Å². The number of hydrogen-bond acceptors (Lipinski definition) is 2. The smallest absolute Gasteiger partial charge is 0.0540 e. The van der Waals surface area contributed by atoms with Crippen molar-refractivity contribution in [3.8, 4) is 0 Å². The lowest BCUT2D eigenvalue weighted by Gasteiger charge is -2.51. The molecule has 0 bridgehead atoms. The van der Waals surface area contributed by atoms with Gasteiger partial charge in [0.1, 0.15) is 0 Å². The maximum atomic E-state index is 9.97. The molecule has 180 valence electrons. The van der Waals surface area contributed by atoms with Gasteiger partial charge in [0.2, 0.25) is 0 Å². The first kappa shape index (κ1) is 24.1. The molecule has 4 saturated carbocycles. The van der Waals surface area contributed by atoms with Crippen LogP contribution in [0.2, 0.25) is 0 Å². The average molecular weight is 432 g/mol. The summed E-state index contributed by atoms with van der Waals surface area (Å²) < 4.78 is 0. The van der Waals surface area contributed by atoms with Crippen LogP contribution in [0.15, 0.2) is 0 Å². The normalized spacial score (nSPS) is 43.2. The van der Waals surface area contributed by atoms with E-state index in [4.69, 9.17) is 0 Å². The Morgan fingerprint density at radius 1 is 0.516 bits per heavy atom. The molecule has 1 N–H and O–H groups in total. The van der Waals surface area contributed by atoms with Crippen LogP contribution in [0.5, 0.6) is 0 Å². The fraction of sp³-hybridized carbons (Fsp3) is 1.00. The molecule has 0 radical (unpaired) electrons. The van der Waals surface area contributed by atoms with Crippen LogP contribution in [0.4, 0.5) is 0 Å². The van der Waals surface area contributed by atoms with Crippen LogP contribution in [-0.2, 0) is 0 Å². The van der Waals surface area contributed by atoms with Crippen molar-refractivity contribution in [1.82, 2.24) is 4.90 Å². The van der Waals surface area contributed by atoms with Crippen LogP contribution in [0, 0.1) is 29.1 Å². The molecule has 4 fully saturated rings. The number of aliphatic hydroxyl groups is 1. The van der Waals surface area contributed by atoms with Gasteiger partial charge in [-0.05, 0) is 132 Å². The van der Waals surface area contributed by atoms with E-state index >= 15 is 0 Å². The first-order valence-electron chi connectivity index (χ1n) is 14.3. The highest BCUT2D eigenvalue weighted by molar-refractivity contribution is 4.95. The summed E-state index contributed by atoms with van der Waals surface area (Å²) in [5, 5.41) is 9.97. The fourth-order valence-electron chi connectivity index (χ4n) is 8.25. The summed E-state index contributed by atoms with van der Waals surface area (Å²) in [6.45, 7) is 10.1. The largest absolute Gasteiger partial charge is 0.393 e. The van der Waals surface area contributed by atoms with E-state index in [-0.39, 0.29) is 6.10 Å². The van der Waals surface area contributed by atoms with E-state index in [1.54, 1.807) is 0 Å². The van der Waals surface area contributed by atoms with Gasteiger partial charge in [-0.1, -0.05) is 27.7 Å². The Labute approximate surface area is 193 Å². The van der Waals surface area contributed by atoms with Crippen molar-refractivity contribution >= 4 is 0 Å². The molecule has 4 aliphatic rings. The monoisotopic (exact) mass is 431 g/mol. The predicted octanol–water partition coefficient (Wildman–Crippen LogP) is 7.58. The van der Waals surface area contributed by atoms with Gasteiger partial charge < -0.3 is 5.11 Å². The summed E-state index contributed by atoms with van der Waals surface area (Å²) in [6, 6.07) is 2.62. The maximum absolute atomic E-state index is 9.97. The molecular formula is C29H53NO. The maximum Gasteiger partial charge on any atom is 0.0540 e. The molecule has 31 heavy (non-hydrogen) atoms. The van der Waals surface area contributed by atoms with E-state index in [1.165, 1.54) is 89.9 Å². The first-order chi connectivity index (χ1) is 14.8. The zero-order chi connectivity index (χ0) is 22.0. The minimum absolute atomic E-state index is 0.0206. The van der Waals surface area contributed by atoms with Crippen molar-refractivity contribution in [2.75, 3.05) is 0 Å². The Kier molecular flexibility index (Phi) is 8.11. The van der Waals surface area contributed by atoms with Gasteiger partial charge in [0.15, 0.2) is 0 Å². The van der Waals surface area contributed by atoms with E-state index in [2.05, 4.69) is 32.6 Å². The third-order valence-electron chi connectivity index (χ3n) is 10.7. The Bertz CT molecular complexity index is 505. The van der Waals surface area contributed by atoms with Gasteiger partial charge >= 0.3 is 0 Å². The van der Waals surface area contributed by atoms with Crippen molar-refractivity contribution in [2.24, 2.45) is 29.1 Å². The zero-order valence-electron chi connectivity index (χ0n) is 21.3. The molecule has 4 aliphatic carbocycles. The van der Waals surface area contributed by atoms with Gasteiger partial charge in [-0.2, -0.15) is 0 Å². The summed E-state index contributed by atoms with van der Waals surface area (Å²) in [5.41, 5.74) is 0.455. The van der Waals surface area contributed by atoms with Gasteiger partial charge in [0.25, 0.3) is 0 Å². The number of rotatable bonds is 5. The SMILES string of the molecule is CC1CCC(N(C2CCC(C)CC2)C2CCC(C(C)(C)C3CCC(O)CC3)CC2)CC1. The van der Waals surface area contributed by atoms with Crippen LogP contribution >= 0.6 is 0 Å². The molecule has 2 nitrogen and oxygen atoms in total. The van der Waals surface area contributed by atoms with E-state index in [0.29, 0.717) is 5.41 Å². The quantitative estimate of drug-likeness (QED) is 0.485. The molecule has 0 aliphatic heterocycles.